The second-order valence-electron chi connectivity index (χ2n) is 6.30. The highest BCUT2D eigenvalue weighted by atomic mass is 79.9. The van der Waals surface area contributed by atoms with Crippen molar-refractivity contribution in [3.8, 4) is 5.75 Å². The van der Waals surface area contributed by atoms with Crippen molar-refractivity contribution in [2.75, 3.05) is 0 Å². The zero-order chi connectivity index (χ0) is 20.8. The molecule has 0 unspecified atom stereocenters. The summed E-state index contributed by atoms with van der Waals surface area (Å²) in [7, 11) is 0. The first kappa shape index (κ1) is 20.4. The number of benzene rings is 2. The number of halogens is 1. The molecule has 0 radical (unpaired) electrons. The van der Waals surface area contributed by atoms with Gasteiger partial charge < -0.3 is 5.11 Å². The van der Waals surface area contributed by atoms with Gasteiger partial charge in [0.25, 0.3) is 0 Å². The Morgan fingerprint density at radius 2 is 1.62 bits per heavy atom. The Kier molecular flexibility index (Phi) is 6.46. The van der Waals surface area contributed by atoms with Gasteiger partial charge in [0, 0.05) is 0 Å². The molecule has 0 amide bonds. The van der Waals surface area contributed by atoms with Crippen molar-refractivity contribution >= 4 is 39.2 Å². The van der Waals surface area contributed by atoms with E-state index in [2.05, 4.69) is 26.2 Å². The number of ketones is 1. The average molecular weight is 449 g/mol. The molecule has 5 nitrogen and oxygen atoms in total. The van der Waals surface area contributed by atoms with Gasteiger partial charge in [0.15, 0.2) is 11.5 Å². The zero-order valence-electron chi connectivity index (χ0n) is 15.5. The molecular weight excluding hydrogens is 432 g/mol. The standard InChI is InChI=1S/C23H17BrN2O3/c1-15-7-10-17(11-8-15)25-26-18-13-19(22(28)23(29)20(24)14-18)21(27)12-9-16-5-3-2-4-6-16/h2-14H,1H3,(H,28,29)/b12-9+,26-25?. The first-order valence-corrected chi connectivity index (χ1v) is 9.56. The van der Waals surface area contributed by atoms with Gasteiger partial charge in [0.2, 0.25) is 5.43 Å². The van der Waals surface area contributed by atoms with Crippen molar-refractivity contribution in [1.29, 1.82) is 0 Å². The first-order valence-electron chi connectivity index (χ1n) is 8.77. The molecule has 3 aromatic carbocycles. The van der Waals surface area contributed by atoms with E-state index in [0.29, 0.717) is 5.69 Å². The lowest BCUT2D eigenvalue weighted by Crippen LogP contribution is -2.03. The molecule has 0 heterocycles. The van der Waals surface area contributed by atoms with Crippen LogP contribution < -0.4 is 5.43 Å². The Hall–Kier alpha value is -3.38. The number of aryl methyl sites for hydroxylation is 1. The summed E-state index contributed by atoms with van der Waals surface area (Å²) in [6, 6.07) is 19.4. The summed E-state index contributed by atoms with van der Waals surface area (Å²) in [6.07, 6.45) is 2.92. The molecule has 1 N–H and O–H groups in total. The topological polar surface area (TPSA) is 79.1 Å². The largest absolute Gasteiger partial charge is 0.504 e. The number of rotatable bonds is 5. The molecule has 0 atom stereocenters. The summed E-state index contributed by atoms with van der Waals surface area (Å²) >= 11 is 3.12. The molecule has 0 saturated heterocycles. The molecule has 0 aliphatic heterocycles. The number of hydrogen-bond donors (Lipinski definition) is 1. The minimum atomic E-state index is -0.696. The second-order valence-corrected chi connectivity index (χ2v) is 7.15. The van der Waals surface area contributed by atoms with Crippen LogP contribution in [0.25, 0.3) is 6.08 Å². The van der Waals surface area contributed by atoms with E-state index >= 15 is 0 Å². The van der Waals surface area contributed by atoms with Crippen LogP contribution in [0.5, 0.6) is 5.75 Å². The fourth-order valence-corrected chi connectivity index (χ4v) is 2.91. The molecule has 0 bridgehead atoms. The van der Waals surface area contributed by atoms with E-state index in [1.807, 2.05) is 61.5 Å². The van der Waals surface area contributed by atoms with Crippen LogP contribution >= 0.6 is 15.9 Å². The molecule has 144 valence electrons. The van der Waals surface area contributed by atoms with Crippen LogP contribution in [0.3, 0.4) is 0 Å². The Bertz CT molecular complexity index is 1160. The van der Waals surface area contributed by atoms with Crippen LogP contribution in [0.4, 0.5) is 11.4 Å². The fourth-order valence-electron chi connectivity index (χ4n) is 2.49. The predicted molar refractivity (Wildman–Crippen MR) is 117 cm³/mol. The van der Waals surface area contributed by atoms with E-state index in [9.17, 15) is 14.7 Å². The van der Waals surface area contributed by atoms with Crippen molar-refractivity contribution in [3.05, 3.63) is 104 Å². The Morgan fingerprint density at radius 1 is 0.966 bits per heavy atom. The normalized spacial score (nSPS) is 11.2. The highest BCUT2D eigenvalue weighted by molar-refractivity contribution is 9.10. The number of azo groups is 1. The van der Waals surface area contributed by atoms with Gasteiger partial charge in [-0.2, -0.15) is 10.2 Å². The molecule has 3 aromatic rings. The summed E-state index contributed by atoms with van der Waals surface area (Å²) in [5.41, 5.74) is 1.96. The second kappa shape index (κ2) is 9.21. The molecule has 6 heteroatoms. The van der Waals surface area contributed by atoms with Gasteiger partial charge in [-0.3, -0.25) is 9.59 Å². The number of carbonyl (C=O) groups is 1. The Balaban J connectivity index is 1.99. The average Bonchev–Trinajstić information content (AvgIpc) is 2.84. The zero-order valence-corrected chi connectivity index (χ0v) is 17.1. The van der Waals surface area contributed by atoms with Gasteiger partial charge in [-0.25, -0.2) is 0 Å². The van der Waals surface area contributed by atoms with Gasteiger partial charge >= 0.3 is 0 Å². The Labute approximate surface area is 176 Å². The maximum absolute atomic E-state index is 12.6. The predicted octanol–water partition coefficient (Wildman–Crippen LogP) is 6.13. The van der Waals surface area contributed by atoms with Crippen LogP contribution in [-0.4, -0.2) is 10.9 Å². The SMILES string of the molecule is Cc1ccc(N=Nc2cc(C(=O)/C=C/c3ccccc3)c(O)c(=O)c(Br)c2)cc1. The van der Waals surface area contributed by atoms with Crippen molar-refractivity contribution in [3.63, 3.8) is 0 Å². The summed E-state index contributed by atoms with van der Waals surface area (Å²) < 4.78 is 0.0824. The van der Waals surface area contributed by atoms with Crippen molar-refractivity contribution in [2.24, 2.45) is 10.2 Å². The van der Waals surface area contributed by atoms with E-state index in [0.717, 1.165) is 11.1 Å². The van der Waals surface area contributed by atoms with Crippen LogP contribution in [0, 0.1) is 6.92 Å². The summed E-state index contributed by atoms with van der Waals surface area (Å²) in [5.74, 6) is -1.16. The van der Waals surface area contributed by atoms with E-state index in [1.165, 1.54) is 18.2 Å². The van der Waals surface area contributed by atoms with E-state index in [4.69, 9.17) is 0 Å². The number of carbonyl (C=O) groups excluding carboxylic acids is 1. The van der Waals surface area contributed by atoms with Gasteiger partial charge in [-0.05, 0) is 58.8 Å². The molecule has 0 fully saturated rings. The van der Waals surface area contributed by atoms with Crippen molar-refractivity contribution < 1.29 is 9.90 Å². The molecule has 0 saturated carbocycles. The number of hydrogen-bond acceptors (Lipinski definition) is 5. The van der Waals surface area contributed by atoms with Gasteiger partial charge in [0.05, 0.1) is 21.4 Å². The molecule has 0 aromatic heterocycles. The molecular formula is C23H17BrN2O3. The molecule has 29 heavy (non-hydrogen) atoms. The van der Waals surface area contributed by atoms with E-state index in [1.54, 1.807) is 6.08 Å². The van der Waals surface area contributed by atoms with Crippen LogP contribution in [0.15, 0.2) is 92.3 Å². The first-order chi connectivity index (χ1) is 13.9. The summed E-state index contributed by atoms with van der Waals surface area (Å²) in [4.78, 5) is 24.9. The van der Waals surface area contributed by atoms with E-state index < -0.39 is 17.0 Å². The summed E-state index contributed by atoms with van der Waals surface area (Å²) in [6.45, 7) is 1.97. The minimum Gasteiger partial charge on any atom is -0.504 e. The lowest BCUT2D eigenvalue weighted by Gasteiger charge is -1.97. The molecule has 0 spiro atoms. The van der Waals surface area contributed by atoms with Gasteiger partial charge in [0.1, 0.15) is 0 Å². The smallest absolute Gasteiger partial charge is 0.235 e. The lowest BCUT2D eigenvalue weighted by atomic mass is 10.1. The van der Waals surface area contributed by atoms with Crippen molar-refractivity contribution in [1.82, 2.24) is 0 Å². The number of allylic oxidation sites excluding steroid dienone is 1. The number of nitrogens with zero attached hydrogens (tertiary/aromatic N) is 2. The molecule has 0 aliphatic carbocycles. The third kappa shape index (κ3) is 5.33. The van der Waals surface area contributed by atoms with Gasteiger partial charge in [-0.15, -0.1) is 0 Å². The monoisotopic (exact) mass is 448 g/mol. The molecule has 0 aliphatic rings. The third-order valence-corrected chi connectivity index (χ3v) is 4.65. The van der Waals surface area contributed by atoms with Crippen LogP contribution in [0.1, 0.15) is 21.5 Å². The lowest BCUT2D eigenvalue weighted by molar-refractivity contribution is 0.104. The minimum absolute atomic E-state index is 0.0824. The molecule has 3 rings (SSSR count). The van der Waals surface area contributed by atoms with Crippen LogP contribution in [-0.2, 0) is 0 Å². The fraction of sp³-hybridized carbons (Fsp3) is 0.0435. The quantitative estimate of drug-likeness (QED) is 0.289. The third-order valence-electron chi connectivity index (χ3n) is 4.06. The van der Waals surface area contributed by atoms with Crippen LogP contribution in [0.2, 0.25) is 0 Å². The number of aromatic hydroxyl groups is 1. The highest BCUT2D eigenvalue weighted by Gasteiger charge is 2.14. The maximum atomic E-state index is 12.6. The van der Waals surface area contributed by atoms with E-state index in [-0.39, 0.29) is 15.7 Å². The summed E-state index contributed by atoms with van der Waals surface area (Å²) in [5, 5.41) is 18.5. The highest BCUT2D eigenvalue weighted by Crippen LogP contribution is 2.25. The Morgan fingerprint density at radius 3 is 2.31 bits per heavy atom. The maximum Gasteiger partial charge on any atom is 0.235 e. The van der Waals surface area contributed by atoms with Gasteiger partial charge in [-0.1, -0.05) is 54.1 Å². The van der Waals surface area contributed by atoms with Crippen molar-refractivity contribution in [2.45, 2.75) is 6.92 Å².